The van der Waals surface area contributed by atoms with E-state index in [0.717, 1.165) is 0 Å². The number of carbonyl (C=O) groups is 1. The zero-order chi connectivity index (χ0) is 9.28. The smallest absolute Gasteiger partial charge is 0.371 e. The predicted octanol–water partition coefficient (Wildman–Crippen LogP) is 1.90. The van der Waals surface area contributed by atoms with Crippen LogP contribution in [-0.2, 0) is 14.2 Å². The zero-order valence-electron chi connectivity index (χ0n) is 7.43. The van der Waals surface area contributed by atoms with E-state index >= 15 is 0 Å². The van der Waals surface area contributed by atoms with E-state index in [0.29, 0.717) is 0 Å². The fourth-order valence-electron chi connectivity index (χ4n) is 0.342. The lowest BCUT2D eigenvalue weighted by Gasteiger charge is -2.20. The second-order valence-corrected chi connectivity index (χ2v) is 6.06. The van der Waals surface area contributed by atoms with Crippen LogP contribution in [0.15, 0.2) is 0 Å². The SMILES string of the molecule is C=S(C)(=N)C(=O)OC(C)(C)C. The molecule has 0 aliphatic heterocycles. The van der Waals surface area contributed by atoms with E-state index in [9.17, 15) is 4.79 Å². The van der Waals surface area contributed by atoms with Crippen molar-refractivity contribution in [1.82, 2.24) is 0 Å². The summed E-state index contributed by atoms with van der Waals surface area (Å²) >= 11 is 0. The van der Waals surface area contributed by atoms with E-state index in [2.05, 4.69) is 5.87 Å². The van der Waals surface area contributed by atoms with Crippen molar-refractivity contribution in [2.75, 3.05) is 6.26 Å². The van der Waals surface area contributed by atoms with Gasteiger partial charge in [-0.1, -0.05) is 5.87 Å². The normalized spacial score (nSPS) is 17.1. The highest BCUT2D eigenvalue weighted by Gasteiger charge is 2.18. The van der Waals surface area contributed by atoms with E-state index in [1.165, 1.54) is 6.26 Å². The first-order chi connectivity index (χ1) is 4.63. The maximum Gasteiger partial charge on any atom is 0.371 e. The molecular formula is C7H15NO2S. The first-order valence-corrected chi connectivity index (χ1v) is 5.43. The van der Waals surface area contributed by atoms with Crippen LogP contribution < -0.4 is 0 Å². The Morgan fingerprint density at radius 2 is 1.91 bits per heavy atom. The Morgan fingerprint density at radius 1 is 1.55 bits per heavy atom. The molecule has 0 aromatic heterocycles. The molecule has 0 aliphatic carbocycles. The number of carbonyl (C=O) groups excluding carboxylic acids is 1. The van der Waals surface area contributed by atoms with Crippen molar-refractivity contribution >= 4 is 20.6 Å². The van der Waals surface area contributed by atoms with Gasteiger partial charge in [-0.05, 0) is 36.4 Å². The molecule has 0 fully saturated rings. The molecule has 0 bridgehead atoms. The maximum atomic E-state index is 11.0. The van der Waals surface area contributed by atoms with Gasteiger partial charge in [-0.15, -0.1) is 0 Å². The van der Waals surface area contributed by atoms with Crippen LogP contribution in [0.1, 0.15) is 20.8 Å². The van der Waals surface area contributed by atoms with E-state index in [1.54, 1.807) is 20.8 Å². The summed E-state index contributed by atoms with van der Waals surface area (Å²) in [6.07, 6.45) is 1.49. The van der Waals surface area contributed by atoms with Crippen LogP contribution >= 0.6 is 0 Å². The monoisotopic (exact) mass is 177 g/mol. The molecule has 1 unspecified atom stereocenters. The summed E-state index contributed by atoms with van der Waals surface area (Å²) in [7, 11) is -2.20. The Hall–Kier alpha value is -0.510. The molecule has 0 amide bonds. The standard InChI is InChI=1S/C7H15NO2S/c1-7(2,3)10-6(9)11(4,5)8/h8H,4H2,1-3,5H3. The molecule has 0 heterocycles. The van der Waals surface area contributed by atoms with Crippen LogP contribution in [-0.4, -0.2) is 23.0 Å². The summed E-state index contributed by atoms with van der Waals surface area (Å²) in [4.78, 5) is 11.0. The van der Waals surface area contributed by atoms with E-state index < -0.39 is 20.3 Å². The van der Waals surface area contributed by atoms with Gasteiger partial charge >= 0.3 is 5.30 Å². The predicted molar refractivity (Wildman–Crippen MR) is 49.4 cm³/mol. The summed E-state index contributed by atoms with van der Waals surface area (Å²) in [5, 5.41) is -0.509. The van der Waals surface area contributed by atoms with Crippen LogP contribution in [0.2, 0.25) is 0 Å². The minimum Gasteiger partial charge on any atom is -0.452 e. The van der Waals surface area contributed by atoms with Crippen molar-refractivity contribution in [3.63, 3.8) is 0 Å². The third-order valence-corrected chi connectivity index (χ3v) is 1.58. The van der Waals surface area contributed by atoms with Crippen LogP contribution in [0.4, 0.5) is 4.79 Å². The molecular weight excluding hydrogens is 162 g/mol. The molecule has 66 valence electrons. The molecule has 0 aromatic carbocycles. The number of hydrogen-bond acceptors (Lipinski definition) is 3. The fourth-order valence-corrected chi connectivity index (χ4v) is 0.776. The number of rotatable bonds is 0. The molecule has 0 saturated carbocycles. The van der Waals surface area contributed by atoms with Crippen molar-refractivity contribution < 1.29 is 9.53 Å². The highest BCUT2D eigenvalue weighted by Crippen LogP contribution is 2.09. The van der Waals surface area contributed by atoms with Crippen LogP contribution in [0, 0.1) is 4.78 Å². The Morgan fingerprint density at radius 3 is 2.00 bits per heavy atom. The van der Waals surface area contributed by atoms with Gasteiger partial charge in [0.25, 0.3) is 0 Å². The van der Waals surface area contributed by atoms with Crippen LogP contribution in [0.3, 0.4) is 0 Å². The van der Waals surface area contributed by atoms with E-state index in [1.807, 2.05) is 0 Å². The number of nitrogens with one attached hydrogen (secondary N) is 1. The molecule has 0 radical (unpaired) electrons. The molecule has 0 aromatic rings. The molecule has 11 heavy (non-hydrogen) atoms. The number of ether oxygens (including phenoxy) is 1. The van der Waals surface area contributed by atoms with Crippen molar-refractivity contribution in [2.24, 2.45) is 0 Å². The Kier molecular flexibility index (Phi) is 2.72. The molecule has 4 heteroatoms. The molecule has 0 spiro atoms. The van der Waals surface area contributed by atoms with Crippen LogP contribution in [0.25, 0.3) is 0 Å². The molecule has 0 saturated heterocycles. The first-order valence-electron chi connectivity index (χ1n) is 3.22. The van der Waals surface area contributed by atoms with Crippen molar-refractivity contribution in [3.8, 4) is 0 Å². The molecule has 1 N–H and O–H groups in total. The molecule has 3 nitrogen and oxygen atoms in total. The Bertz CT molecular complexity index is 246. The summed E-state index contributed by atoms with van der Waals surface area (Å²) < 4.78 is 12.3. The second kappa shape index (κ2) is 2.85. The van der Waals surface area contributed by atoms with Crippen molar-refractivity contribution in [1.29, 1.82) is 4.78 Å². The largest absolute Gasteiger partial charge is 0.452 e. The van der Waals surface area contributed by atoms with Gasteiger partial charge in [-0.2, -0.15) is 0 Å². The van der Waals surface area contributed by atoms with E-state index in [4.69, 9.17) is 9.52 Å². The minimum absolute atomic E-state index is 0.509. The highest BCUT2D eigenvalue weighted by atomic mass is 32.2. The molecule has 0 aliphatic rings. The summed E-state index contributed by atoms with van der Waals surface area (Å²) in [5.41, 5.74) is -0.510. The minimum atomic E-state index is -2.20. The van der Waals surface area contributed by atoms with Gasteiger partial charge in [0, 0.05) is 0 Å². The molecule has 0 rings (SSSR count). The lowest BCUT2D eigenvalue weighted by molar-refractivity contribution is 0.0733. The van der Waals surface area contributed by atoms with Gasteiger partial charge in [0.2, 0.25) is 0 Å². The van der Waals surface area contributed by atoms with Gasteiger partial charge in [0.05, 0.1) is 0 Å². The third-order valence-electron chi connectivity index (χ3n) is 0.757. The second-order valence-electron chi connectivity index (χ2n) is 3.55. The average Bonchev–Trinajstić information content (AvgIpc) is 1.56. The lowest BCUT2D eigenvalue weighted by atomic mass is 10.2. The van der Waals surface area contributed by atoms with E-state index in [-0.39, 0.29) is 0 Å². The van der Waals surface area contributed by atoms with Crippen LogP contribution in [0.5, 0.6) is 0 Å². The number of hydrogen-bond donors (Lipinski definition) is 1. The van der Waals surface area contributed by atoms with Gasteiger partial charge in [0.1, 0.15) is 5.60 Å². The van der Waals surface area contributed by atoms with Gasteiger partial charge in [0.15, 0.2) is 0 Å². The Labute approximate surface area is 68.2 Å². The quantitative estimate of drug-likeness (QED) is 0.454. The van der Waals surface area contributed by atoms with Crippen molar-refractivity contribution in [3.05, 3.63) is 0 Å². The maximum absolute atomic E-state index is 11.0. The lowest BCUT2D eigenvalue weighted by Crippen LogP contribution is -2.26. The van der Waals surface area contributed by atoms with Crippen molar-refractivity contribution in [2.45, 2.75) is 26.4 Å². The summed E-state index contributed by atoms with van der Waals surface area (Å²) in [6.45, 7) is 5.32. The highest BCUT2D eigenvalue weighted by molar-refractivity contribution is 8.13. The first kappa shape index (κ1) is 10.5. The summed E-state index contributed by atoms with van der Waals surface area (Å²) in [5.74, 6) is 3.43. The zero-order valence-corrected chi connectivity index (χ0v) is 8.25. The molecule has 1 atom stereocenters. The fraction of sp³-hybridized carbons (Fsp3) is 0.714. The topological polar surface area (TPSA) is 50.2 Å². The van der Waals surface area contributed by atoms with Gasteiger partial charge in [-0.25, -0.2) is 4.79 Å². The average molecular weight is 177 g/mol. The Balaban J connectivity index is 4.35. The van der Waals surface area contributed by atoms with Gasteiger partial charge in [-0.3, -0.25) is 4.78 Å². The van der Waals surface area contributed by atoms with Gasteiger partial charge < -0.3 is 4.74 Å². The third kappa shape index (κ3) is 4.84. The summed E-state index contributed by atoms with van der Waals surface area (Å²) in [6, 6.07) is 0.